The summed E-state index contributed by atoms with van der Waals surface area (Å²) in [6.07, 6.45) is 0.723. The van der Waals surface area contributed by atoms with E-state index in [2.05, 4.69) is 0 Å². The average molecular weight is 228 g/mol. The van der Waals surface area contributed by atoms with Gasteiger partial charge >= 0.3 is 5.97 Å². The maximum atomic E-state index is 12.0. The summed E-state index contributed by atoms with van der Waals surface area (Å²) < 4.78 is 16.9. The van der Waals surface area contributed by atoms with Gasteiger partial charge < -0.3 is 14.9 Å². The summed E-state index contributed by atoms with van der Waals surface area (Å²) in [6.45, 7) is -0.467. The third-order valence-corrected chi connectivity index (χ3v) is 2.18. The number of carbonyl (C=O) groups is 1. The molecular formula is C11H13FO4. The first-order valence-electron chi connectivity index (χ1n) is 4.79. The molecular weight excluding hydrogens is 215 g/mol. The monoisotopic (exact) mass is 228 g/mol. The van der Waals surface area contributed by atoms with Crippen molar-refractivity contribution in [1.29, 1.82) is 0 Å². The van der Waals surface area contributed by atoms with Crippen LogP contribution in [-0.4, -0.2) is 30.0 Å². The molecule has 0 radical (unpaired) electrons. The summed E-state index contributed by atoms with van der Waals surface area (Å²) >= 11 is 0. The normalized spacial score (nSPS) is 10.1. The maximum Gasteiger partial charge on any atom is 0.339 e. The highest BCUT2D eigenvalue weighted by atomic mass is 19.1. The number of aromatic carboxylic acids is 1. The van der Waals surface area contributed by atoms with Crippen molar-refractivity contribution in [3.05, 3.63) is 23.3 Å². The lowest BCUT2D eigenvalue weighted by atomic mass is 10.0. The molecule has 0 unspecified atom stereocenters. The molecule has 0 heterocycles. The molecule has 4 nitrogen and oxygen atoms in total. The molecule has 0 aromatic heterocycles. The minimum atomic E-state index is -1.24. The maximum absolute atomic E-state index is 12.0. The van der Waals surface area contributed by atoms with Crippen LogP contribution in [-0.2, 0) is 6.42 Å². The topological polar surface area (TPSA) is 66.8 Å². The van der Waals surface area contributed by atoms with E-state index in [0.29, 0.717) is 18.4 Å². The summed E-state index contributed by atoms with van der Waals surface area (Å²) in [6, 6.07) is 2.84. The first-order valence-corrected chi connectivity index (χ1v) is 4.79. The molecule has 1 aromatic carbocycles. The zero-order chi connectivity index (χ0) is 12.1. The third-order valence-electron chi connectivity index (χ3n) is 2.18. The van der Waals surface area contributed by atoms with Crippen LogP contribution in [0.15, 0.2) is 12.1 Å². The van der Waals surface area contributed by atoms with Gasteiger partial charge in [0.25, 0.3) is 0 Å². The predicted octanol–water partition coefficient (Wildman–Crippen LogP) is 2.00. The number of methoxy groups -OCH3 is 1. The van der Waals surface area contributed by atoms with E-state index < -0.39 is 18.4 Å². The zero-order valence-electron chi connectivity index (χ0n) is 8.86. The molecule has 0 fully saturated rings. The van der Waals surface area contributed by atoms with Gasteiger partial charge in [0.1, 0.15) is 5.56 Å². The Labute approximate surface area is 92.3 Å². The Morgan fingerprint density at radius 1 is 1.50 bits per heavy atom. The quantitative estimate of drug-likeness (QED) is 0.808. The van der Waals surface area contributed by atoms with Crippen molar-refractivity contribution in [3.63, 3.8) is 0 Å². The molecule has 5 heteroatoms. The molecule has 2 N–H and O–H groups in total. The van der Waals surface area contributed by atoms with E-state index in [-0.39, 0.29) is 11.3 Å². The van der Waals surface area contributed by atoms with Gasteiger partial charge in [0.05, 0.1) is 13.8 Å². The number of ether oxygens (including phenoxy) is 1. The molecule has 0 aliphatic rings. The molecule has 0 spiro atoms. The molecule has 0 aliphatic heterocycles. The van der Waals surface area contributed by atoms with Crippen molar-refractivity contribution in [2.45, 2.75) is 12.8 Å². The van der Waals surface area contributed by atoms with Gasteiger partial charge in [-0.05, 0) is 30.5 Å². The Hall–Kier alpha value is -1.78. The number of alkyl halides is 1. The lowest BCUT2D eigenvalue weighted by molar-refractivity contribution is 0.0693. The summed E-state index contributed by atoms with van der Waals surface area (Å²) in [5.74, 6) is -1.55. The van der Waals surface area contributed by atoms with Gasteiger partial charge in [-0.2, -0.15) is 0 Å². The number of benzene rings is 1. The number of hydrogen-bond donors (Lipinski definition) is 2. The highest BCUT2D eigenvalue weighted by molar-refractivity contribution is 5.92. The molecule has 0 saturated carbocycles. The van der Waals surface area contributed by atoms with Crippen molar-refractivity contribution in [3.8, 4) is 11.5 Å². The largest absolute Gasteiger partial charge is 0.504 e. The molecule has 0 aliphatic carbocycles. The van der Waals surface area contributed by atoms with Crippen molar-refractivity contribution in [2.75, 3.05) is 13.8 Å². The van der Waals surface area contributed by atoms with Crippen LogP contribution in [0.25, 0.3) is 0 Å². The van der Waals surface area contributed by atoms with Crippen molar-refractivity contribution in [2.24, 2.45) is 0 Å². The van der Waals surface area contributed by atoms with E-state index in [1.54, 1.807) is 0 Å². The van der Waals surface area contributed by atoms with Gasteiger partial charge in [0.2, 0.25) is 0 Å². The number of carboxylic acids is 1. The van der Waals surface area contributed by atoms with Gasteiger partial charge in [0, 0.05) is 0 Å². The predicted molar refractivity (Wildman–Crippen MR) is 55.9 cm³/mol. The first kappa shape index (κ1) is 12.3. The molecule has 88 valence electrons. The van der Waals surface area contributed by atoms with Crippen LogP contribution in [0.2, 0.25) is 0 Å². The van der Waals surface area contributed by atoms with Crippen molar-refractivity contribution >= 4 is 5.97 Å². The molecule has 0 bridgehead atoms. The Morgan fingerprint density at radius 3 is 2.69 bits per heavy atom. The lowest BCUT2D eigenvalue weighted by Crippen LogP contribution is -2.01. The standard InChI is InChI=1S/C11H13FO4/c1-16-9-6-7(3-2-4-12)5-8(10(9)13)11(14)15/h5-6,13H,2-4H2,1H3,(H,14,15). The minimum absolute atomic E-state index is 0.0914. The van der Waals surface area contributed by atoms with Crippen LogP contribution in [0.3, 0.4) is 0 Å². The fourth-order valence-electron chi connectivity index (χ4n) is 1.40. The minimum Gasteiger partial charge on any atom is -0.504 e. The molecule has 1 rings (SSSR count). The van der Waals surface area contributed by atoms with Gasteiger partial charge in [-0.3, -0.25) is 4.39 Å². The van der Waals surface area contributed by atoms with Gasteiger partial charge in [0.15, 0.2) is 11.5 Å². The Kier molecular flexibility index (Phi) is 4.10. The van der Waals surface area contributed by atoms with E-state index in [0.717, 1.165) is 0 Å². The van der Waals surface area contributed by atoms with E-state index >= 15 is 0 Å². The van der Waals surface area contributed by atoms with Crippen LogP contribution < -0.4 is 4.74 Å². The van der Waals surface area contributed by atoms with Gasteiger partial charge in [-0.1, -0.05) is 0 Å². The van der Waals surface area contributed by atoms with E-state index in [1.165, 1.54) is 19.2 Å². The second-order valence-corrected chi connectivity index (χ2v) is 3.29. The summed E-state index contributed by atoms with van der Waals surface area (Å²) in [5.41, 5.74) is 0.401. The number of carboxylic acid groups (broad SMARTS) is 1. The van der Waals surface area contributed by atoms with E-state index in [9.17, 15) is 14.3 Å². The summed E-state index contributed by atoms with van der Waals surface area (Å²) in [7, 11) is 1.33. The smallest absolute Gasteiger partial charge is 0.339 e. The highest BCUT2D eigenvalue weighted by Crippen LogP contribution is 2.31. The van der Waals surface area contributed by atoms with Gasteiger partial charge in [-0.25, -0.2) is 4.79 Å². The number of phenols is 1. The molecule has 16 heavy (non-hydrogen) atoms. The number of aryl methyl sites for hydroxylation is 1. The molecule has 0 atom stereocenters. The summed E-state index contributed by atoms with van der Waals surface area (Å²) in [5, 5.41) is 18.4. The highest BCUT2D eigenvalue weighted by Gasteiger charge is 2.15. The fraction of sp³-hybridized carbons (Fsp3) is 0.364. The van der Waals surface area contributed by atoms with Crippen LogP contribution in [0.1, 0.15) is 22.3 Å². The van der Waals surface area contributed by atoms with E-state index in [1.807, 2.05) is 0 Å². The van der Waals surface area contributed by atoms with Crippen LogP contribution in [0, 0.1) is 0 Å². The second-order valence-electron chi connectivity index (χ2n) is 3.29. The second kappa shape index (κ2) is 5.34. The number of halogens is 1. The molecule has 0 saturated heterocycles. The average Bonchev–Trinajstić information content (AvgIpc) is 2.27. The number of hydrogen-bond acceptors (Lipinski definition) is 3. The zero-order valence-corrected chi connectivity index (χ0v) is 8.86. The van der Waals surface area contributed by atoms with E-state index in [4.69, 9.17) is 9.84 Å². The summed E-state index contributed by atoms with van der Waals surface area (Å²) in [4.78, 5) is 10.8. The third kappa shape index (κ3) is 2.62. The SMILES string of the molecule is COc1cc(CCCF)cc(C(=O)O)c1O. The Morgan fingerprint density at radius 2 is 2.19 bits per heavy atom. The number of rotatable bonds is 5. The van der Waals surface area contributed by atoms with Crippen molar-refractivity contribution < 1.29 is 24.1 Å². The molecule has 0 amide bonds. The number of aromatic hydroxyl groups is 1. The van der Waals surface area contributed by atoms with Crippen LogP contribution >= 0.6 is 0 Å². The van der Waals surface area contributed by atoms with Gasteiger partial charge in [-0.15, -0.1) is 0 Å². The van der Waals surface area contributed by atoms with Crippen molar-refractivity contribution in [1.82, 2.24) is 0 Å². The fourth-order valence-corrected chi connectivity index (χ4v) is 1.40. The lowest BCUT2D eigenvalue weighted by Gasteiger charge is -2.09. The Balaban J connectivity index is 3.12. The first-order chi connectivity index (χ1) is 7.60. The Bertz CT molecular complexity index is 390. The van der Waals surface area contributed by atoms with Crippen LogP contribution in [0.5, 0.6) is 11.5 Å². The molecule has 1 aromatic rings. The van der Waals surface area contributed by atoms with Crippen LogP contribution in [0.4, 0.5) is 4.39 Å².